The minimum absolute atomic E-state index is 0.0420. The van der Waals surface area contributed by atoms with Crippen molar-refractivity contribution in [3.05, 3.63) is 48.3 Å². The predicted octanol–water partition coefficient (Wildman–Crippen LogP) is 2.91. The molecule has 0 aliphatic carbocycles. The Kier molecular flexibility index (Phi) is 2.64. The van der Waals surface area contributed by atoms with E-state index in [1.165, 1.54) is 36.4 Å². The first kappa shape index (κ1) is 10.3. The number of hydrogen-bond acceptors (Lipinski definition) is 3. The zero-order chi connectivity index (χ0) is 11.5. The highest BCUT2D eigenvalue weighted by Gasteiger charge is 2.01. The van der Waals surface area contributed by atoms with E-state index in [-0.39, 0.29) is 17.3 Å². The van der Waals surface area contributed by atoms with Crippen molar-refractivity contribution < 1.29 is 14.2 Å². The van der Waals surface area contributed by atoms with Gasteiger partial charge < -0.3 is 15.6 Å². The summed E-state index contributed by atoms with van der Waals surface area (Å²) in [6.45, 7) is 0. The van der Waals surface area contributed by atoms with Gasteiger partial charge in [0.2, 0.25) is 0 Å². The van der Waals surface area contributed by atoms with Crippen molar-refractivity contribution in [2.45, 2.75) is 0 Å². The van der Waals surface area contributed by atoms with Gasteiger partial charge in [0.1, 0.15) is 23.1 Å². The molecule has 0 aliphatic rings. The predicted molar refractivity (Wildman–Crippen MR) is 59.0 cm³/mol. The molecule has 4 heteroatoms. The van der Waals surface area contributed by atoms with Crippen LogP contribution >= 0.6 is 0 Å². The maximum atomic E-state index is 12.6. The summed E-state index contributed by atoms with van der Waals surface area (Å²) in [6.07, 6.45) is 0. The Morgan fingerprint density at radius 2 is 1.62 bits per heavy atom. The van der Waals surface area contributed by atoms with E-state index in [1.807, 2.05) is 0 Å². The molecule has 0 amide bonds. The van der Waals surface area contributed by atoms with Crippen molar-refractivity contribution >= 4 is 5.69 Å². The maximum absolute atomic E-state index is 12.6. The number of hydrogen-bond donors (Lipinski definition) is 2. The monoisotopic (exact) mass is 219 g/mol. The van der Waals surface area contributed by atoms with Gasteiger partial charge in [0.05, 0.1) is 5.69 Å². The lowest BCUT2D eigenvalue weighted by molar-refractivity contribution is 0.456. The van der Waals surface area contributed by atoms with E-state index in [4.69, 9.17) is 10.5 Å². The Morgan fingerprint density at radius 1 is 1.00 bits per heavy atom. The first-order valence-electron chi connectivity index (χ1n) is 4.67. The molecule has 0 aromatic heterocycles. The van der Waals surface area contributed by atoms with E-state index in [2.05, 4.69) is 0 Å². The smallest absolute Gasteiger partial charge is 0.142 e. The molecule has 0 aliphatic heterocycles. The van der Waals surface area contributed by atoms with Gasteiger partial charge in [-0.25, -0.2) is 4.39 Å². The van der Waals surface area contributed by atoms with E-state index < -0.39 is 0 Å². The molecule has 16 heavy (non-hydrogen) atoms. The first-order valence-corrected chi connectivity index (χ1v) is 4.67. The standard InChI is InChI=1S/C12H10FNO2/c13-8-1-3-9(4-2-8)16-10-5-6-11(14)12(15)7-10/h1-7,15H,14H2. The van der Waals surface area contributed by atoms with Crippen LogP contribution in [0.2, 0.25) is 0 Å². The lowest BCUT2D eigenvalue weighted by Crippen LogP contribution is -1.88. The second-order valence-corrected chi connectivity index (χ2v) is 3.28. The number of rotatable bonds is 2. The van der Waals surface area contributed by atoms with Gasteiger partial charge in [-0.15, -0.1) is 0 Å². The van der Waals surface area contributed by atoms with Gasteiger partial charge in [-0.3, -0.25) is 0 Å². The van der Waals surface area contributed by atoms with Gasteiger partial charge >= 0.3 is 0 Å². The van der Waals surface area contributed by atoms with Gasteiger partial charge in [-0.1, -0.05) is 0 Å². The summed E-state index contributed by atoms with van der Waals surface area (Å²) in [6, 6.07) is 10.2. The molecule has 0 saturated heterocycles. The number of phenols is 1. The SMILES string of the molecule is Nc1ccc(Oc2ccc(F)cc2)cc1O. The van der Waals surface area contributed by atoms with E-state index in [0.717, 1.165) is 0 Å². The largest absolute Gasteiger partial charge is 0.506 e. The third-order valence-electron chi connectivity index (χ3n) is 2.05. The molecule has 0 atom stereocenters. The number of nitrogen functional groups attached to an aromatic ring is 1. The van der Waals surface area contributed by atoms with Crippen molar-refractivity contribution in [2.24, 2.45) is 0 Å². The van der Waals surface area contributed by atoms with Gasteiger partial charge in [-0.05, 0) is 36.4 Å². The Labute approximate surface area is 91.9 Å². The van der Waals surface area contributed by atoms with Crippen molar-refractivity contribution in [2.75, 3.05) is 5.73 Å². The van der Waals surface area contributed by atoms with Gasteiger partial charge in [0, 0.05) is 6.07 Å². The number of nitrogens with two attached hydrogens (primary N) is 1. The second-order valence-electron chi connectivity index (χ2n) is 3.28. The summed E-state index contributed by atoms with van der Waals surface area (Å²) in [4.78, 5) is 0. The zero-order valence-electron chi connectivity index (χ0n) is 8.35. The number of halogens is 1. The van der Waals surface area contributed by atoms with Crippen molar-refractivity contribution in [3.8, 4) is 17.2 Å². The third kappa shape index (κ3) is 2.23. The fraction of sp³-hybridized carbons (Fsp3) is 0. The number of aromatic hydroxyl groups is 1. The molecule has 0 unspecified atom stereocenters. The van der Waals surface area contributed by atoms with E-state index in [9.17, 15) is 9.50 Å². The summed E-state index contributed by atoms with van der Waals surface area (Å²) >= 11 is 0. The van der Waals surface area contributed by atoms with Crippen LogP contribution in [0, 0.1) is 5.82 Å². The average Bonchev–Trinajstić information content (AvgIpc) is 2.27. The summed E-state index contributed by atoms with van der Waals surface area (Å²) in [5, 5.41) is 9.36. The summed E-state index contributed by atoms with van der Waals surface area (Å²) in [7, 11) is 0. The van der Waals surface area contributed by atoms with Gasteiger partial charge in [0.15, 0.2) is 0 Å². The van der Waals surface area contributed by atoms with Crippen LogP contribution in [-0.4, -0.2) is 5.11 Å². The van der Waals surface area contributed by atoms with Crippen LogP contribution in [0.5, 0.6) is 17.2 Å². The van der Waals surface area contributed by atoms with Gasteiger partial charge in [0.25, 0.3) is 0 Å². The average molecular weight is 219 g/mol. The number of anilines is 1. The lowest BCUT2D eigenvalue weighted by atomic mass is 10.3. The second kappa shape index (κ2) is 4.10. The van der Waals surface area contributed by atoms with Crippen LogP contribution < -0.4 is 10.5 Å². The van der Waals surface area contributed by atoms with Crippen LogP contribution in [0.15, 0.2) is 42.5 Å². The molecular formula is C12H10FNO2. The molecule has 0 heterocycles. The molecule has 0 radical (unpaired) electrons. The van der Waals surface area contributed by atoms with Crippen molar-refractivity contribution in [1.82, 2.24) is 0 Å². The Morgan fingerprint density at radius 3 is 2.25 bits per heavy atom. The summed E-state index contributed by atoms with van der Waals surface area (Å²) < 4.78 is 18.0. The van der Waals surface area contributed by atoms with E-state index in [0.29, 0.717) is 11.5 Å². The normalized spacial score (nSPS) is 10.1. The minimum atomic E-state index is -0.326. The van der Waals surface area contributed by atoms with Crippen LogP contribution in [0.3, 0.4) is 0 Å². The van der Waals surface area contributed by atoms with Crippen LogP contribution in [0.4, 0.5) is 10.1 Å². The topological polar surface area (TPSA) is 55.5 Å². The number of benzene rings is 2. The fourth-order valence-corrected chi connectivity index (χ4v) is 1.23. The zero-order valence-corrected chi connectivity index (χ0v) is 8.35. The maximum Gasteiger partial charge on any atom is 0.142 e. The molecule has 3 nitrogen and oxygen atoms in total. The van der Waals surface area contributed by atoms with Crippen LogP contribution in [0.1, 0.15) is 0 Å². The molecular weight excluding hydrogens is 209 g/mol. The highest BCUT2D eigenvalue weighted by Crippen LogP contribution is 2.28. The highest BCUT2D eigenvalue weighted by atomic mass is 19.1. The molecule has 2 aromatic carbocycles. The third-order valence-corrected chi connectivity index (χ3v) is 2.05. The lowest BCUT2D eigenvalue weighted by Gasteiger charge is -2.06. The highest BCUT2D eigenvalue weighted by molar-refractivity contribution is 5.55. The van der Waals surface area contributed by atoms with Crippen LogP contribution in [0.25, 0.3) is 0 Å². The van der Waals surface area contributed by atoms with E-state index >= 15 is 0 Å². The Balaban J connectivity index is 2.20. The molecule has 0 saturated carbocycles. The molecule has 2 rings (SSSR count). The molecule has 0 spiro atoms. The van der Waals surface area contributed by atoms with Crippen molar-refractivity contribution in [1.29, 1.82) is 0 Å². The number of phenolic OH excluding ortho intramolecular Hbond substituents is 1. The summed E-state index contributed by atoms with van der Waals surface area (Å²) in [5.41, 5.74) is 5.73. The van der Waals surface area contributed by atoms with E-state index in [1.54, 1.807) is 6.07 Å². The molecule has 82 valence electrons. The molecule has 0 fully saturated rings. The molecule has 2 aromatic rings. The number of ether oxygens (including phenoxy) is 1. The Bertz CT molecular complexity index is 497. The van der Waals surface area contributed by atoms with Gasteiger partial charge in [-0.2, -0.15) is 0 Å². The molecule has 0 bridgehead atoms. The quantitative estimate of drug-likeness (QED) is 0.603. The van der Waals surface area contributed by atoms with Crippen LogP contribution in [-0.2, 0) is 0 Å². The summed E-state index contributed by atoms with van der Waals surface area (Å²) in [5.74, 6) is 0.566. The molecule has 3 N–H and O–H groups in total. The minimum Gasteiger partial charge on any atom is -0.506 e. The Hall–Kier alpha value is -2.23. The van der Waals surface area contributed by atoms with Crippen molar-refractivity contribution in [3.63, 3.8) is 0 Å². The first-order chi connectivity index (χ1) is 7.65. The fourth-order valence-electron chi connectivity index (χ4n) is 1.23.